The van der Waals surface area contributed by atoms with Crippen molar-refractivity contribution < 1.29 is 9.90 Å². The molecule has 2 nitrogen and oxygen atoms in total. The highest BCUT2D eigenvalue weighted by atomic mass is 16.3. The van der Waals surface area contributed by atoms with E-state index in [-0.39, 0.29) is 5.41 Å². The standard InChI is InChI=1S/C23H38O2/c1-15(14-24)18-5-6-19-17-8-10-21(2)13-16(25)7-12-23(21,4)20(17)9-11-22(18,19)3/h15,17-20,24H,5-14H2,1-4H3/t15-,17?,18?,19?,20?,21+,22?,23?/m1/s1. The van der Waals surface area contributed by atoms with Crippen LogP contribution in [0, 0.1) is 45.8 Å². The summed E-state index contributed by atoms with van der Waals surface area (Å²) in [5, 5.41) is 9.75. The normalized spacial score (nSPS) is 53.7. The summed E-state index contributed by atoms with van der Waals surface area (Å²) in [5.41, 5.74) is 1.05. The number of rotatable bonds is 2. The zero-order chi connectivity index (χ0) is 18.0. The van der Waals surface area contributed by atoms with E-state index in [0.29, 0.717) is 35.1 Å². The van der Waals surface area contributed by atoms with E-state index >= 15 is 0 Å². The summed E-state index contributed by atoms with van der Waals surface area (Å²) in [7, 11) is 0. The quantitative estimate of drug-likeness (QED) is 0.743. The largest absolute Gasteiger partial charge is 0.396 e. The molecule has 0 aromatic rings. The molecule has 6 unspecified atom stereocenters. The van der Waals surface area contributed by atoms with Crippen molar-refractivity contribution >= 4 is 5.78 Å². The number of hydrogen-bond donors (Lipinski definition) is 1. The molecule has 0 aliphatic heterocycles. The SMILES string of the molecule is C[C@H](CO)C1CCC2C3CC[C@@]4(C)CC(=O)CCC4(C)C3CCC21C. The molecule has 0 amide bonds. The zero-order valence-corrected chi connectivity index (χ0v) is 16.8. The molecular weight excluding hydrogens is 308 g/mol. The van der Waals surface area contributed by atoms with Crippen molar-refractivity contribution in [3.05, 3.63) is 0 Å². The number of Topliss-reactive ketones (excluding diaryl/α,β-unsaturated/α-hetero) is 1. The van der Waals surface area contributed by atoms with Gasteiger partial charge < -0.3 is 5.11 Å². The maximum atomic E-state index is 12.2. The third-order valence-electron chi connectivity index (χ3n) is 10.2. The highest BCUT2D eigenvalue weighted by Gasteiger charge is 2.63. The fraction of sp³-hybridized carbons (Fsp3) is 0.957. The molecule has 0 radical (unpaired) electrons. The maximum Gasteiger partial charge on any atom is 0.133 e. The molecule has 25 heavy (non-hydrogen) atoms. The lowest BCUT2D eigenvalue weighted by atomic mass is 9.40. The monoisotopic (exact) mass is 346 g/mol. The Morgan fingerprint density at radius 1 is 1.04 bits per heavy atom. The van der Waals surface area contributed by atoms with Crippen LogP contribution in [0.2, 0.25) is 0 Å². The van der Waals surface area contributed by atoms with Crippen LogP contribution in [-0.2, 0) is 4.79 Å². The lowest BCUT2D eigenvalue weighted by Crippen LogP contribution is -2.57. The van der Waals surface area contributed by atoms with Gasteiger partial charge in [0.1, 0.15) is 5.78 Å². The van der Waals surface area contributed by atoms with Crippen LogP contribution in [0.1, 0.15) is 85.5 Å². The van der Waals surface area contributed by atoms with Crippen LogP contribution < -0.4 is 0 Å². The van der Waals surface area contributed by atoms with Crippen molar-refractivity contribution in [3.63, 3.8) is 0 Å². The summed E-state index contributed by atoms with van der Waals surface area (Å²) in [6, 6.07) is 0. The van der Waals surface area contributed by atoms with Gasteiger partial charge >= 0.3 is 0 Å². The molecule has 0 heterocycles. The average molecular weight is 347 g/mol. The van der Waals surface area contributed by atoms with Crippen LogP contribution >= 0.6 is 0 Å². The Balaban J connectivity index is 1.63. The Kier molecular flexibility index (Phi) is 4.19. The van der Waals surface area contributed by atoms with Crippen LogP contribution in [0.5, 0.6) is 0 Å². The maximum absolute atomic E-state index is 12.2. The molecule has 4 fully saturated rings. The van der Waals surface area contributed by atoms with Gasteiger partial charge in [-0.3, -0.25) is 4.79 Å². The van der Waals surface area contributed by atoms with Crippen molar-refractivity contribution in [2.45, 2.75) is 85.5 Å². The average Bonchev–Trinajstić information content (AvgIpc) is 2.92. The minimum atomic E-state index is 0.244. The van der Waals surface area contributed by atoms with E-state index in [0.717, 1.165) is 37.0 Å². The van der Waals surface area contributed by atoms with Gasteiger partial charge in [-0.05, 0) is 90.8 Å². The number of hydrogen-bond acceptors (Lipinski definition) is 2. The Bertz CT molecular complexity index is 556. The molecule has 0 aromatic carbocycles. The first-order chi connectivity index (χ1) is 11.7. The Hall–Kier alpha value is -0.370. The smallest absolute Gasteiger partial charge is 0.133 e. The highest BCUT2D eigenvalue weighted by molar-refractivity contribution is 5.80. The molecule has 4 rings (SSSR count). The van der Waals surface area contributed by atoms with Gasteiger partial charge in [-0.25, -0.2) is 0 Å². The summed E-state index contributed by atoms with van der Waals surface area (Å²) in [5.74, 6) is 4.20. The molecule has 4 aliphatic rings. The minimum Gasteiger partial charge on any atom is -0.396 e. The number of aliphatic hydroxyl groups excluding tert-OH is 1. The van der Waals surface area contributed by atoms with Gasteiger partial charge in [-0.2, -0.15) is 0 Å². The first-order valence-electron chi connectivity index (χ1n) is 10.9. The second-order valence-electron chi connectivity index (χ2n) is 11.0. The molecule has 1 N–H and O–H groups in total. The number of aliphatic hydroxyl groups is 1. The van der Waals surface area contributed by atoms with E-state index < -0.39 is 0 Å². The first-order valence-corrected chi connectivity index (χ1v) is 10.9. The molecule has 0 bridgehead atoms. The predicted octanol–water partition coefficient (Wildman–Crippen LogP) is 5.23. The van der Waals surface area contributed by atoms with Gasteiger partial charge in [0.05, 0.1) is 0 Å². The zero-order valence-electron chi connectivity index (χ0n) is 16.8. The molecule has 0 spiro atoms. The molecule has 2 heteroatoms. The molecule has 142 valence electrons. The van der Waals surface area contributed by atoms with Crippen LogP contribution in [-0.4, -0.2) is 17.5 Å². The van der Waals surface area contributed by atoms with Gasteiger partial charge in [-0.1, -0.05) is 27.7 Å². The van der Waals surface area contributed by atoms with Gasteiger partial charge in [0.2, 0.25) is 0 Å². The Labute approximate surface area is 154 Å². The van der Waals surface area contributed by atoms with Crippen LogP contribution in [0.25, 0.3) is 0 Å². The molecular formula is C23H38O2. The summed E-state index contributed by atoms with van der Waals surface area (Å²) in [6.45, 7) is 10.1. The summed E-state index contributed by atoms with van der Waals surface area (Å²) >= 11 is 0. The van der Waals surface area contributed by atoms with Gasteiger partial charge in [0.15, 0.2) is 0 Å². The predicted molar refractivity (Wildman–Crippen MR) is 101 cm³/mol. The fourth-order valence-corrected chi connectivity index (χ4v) is 8.50. The van der Waals surface area contributed by atoms with E-state index in [1.54, 1.807) is 0 Å². The molecule has 0 aromatic heterocycles. The third kappa shape index (κ3) is 2.35. The lowest BCUT2D eigenvalue weighted by Gasteiger charge is -2.64. The van der Waals surface area contributed by atoms with Gasteiger partial charge in [0.25, 0.3) is 0 Å². The van der Waals surface area contributed by atoms with E-state index in [9.17, 15) is 9.90 Å². The molecule has 8 atom stereocenters. The number of carbonyl (C=O) groups excluding carboxylic acids is 1. The van der Waals surface area contributed by atoms with Crippen molar-refractivity contribution in [1.82, 2.24) is 0 Å². The van der Waals surface area contributed by atoms with Gasteiger partial charge in [-0.15, -0.1) is 0 Å². The molecule has 0 saturated heterocycles. The molecule has 4 saturated carbocycles. The van der Waals surface area contributed by atoms with Crippen molar-refractivity contribution in [2.75, 3.05) is 6.61 Å². The minimum absolute atomic E-state index is 0.244. The Morgan fingerprint density at radius 3 is 2.52 bits per heavy atom. The Morgan fingerprint density at radius 2 is 1.80 bits per heavy atom. The topological polar surface area (TPSA) is 37.3 Å². The van der Waals surface area contributed by atoms with Crippen molar-refractivity contribution in [3.8, 4) is 0 Å². The second kappa shape index (κ2) is 5.81. The highest BCUT2D eigenvalue weighted by Crippen LogP contribution is 2.70. The summed E-state index contributed by atoms with van der Waals surface area (Å²) in [6.07, 6.45) is 10.8. The van der Waals surface area contributed by atoms with Crippen LogP contribution in [0.4, 0.5) is 0 Å². The van der Waals surface area contributed by atoms with E-state index in [1.165, 1.54) is 38.5 Å². The van der Waals surface area contributed by atoms with E-state index in [2.05, 4.69) is 27.7 Å². The third-order valence-corrected chi connectivity index (χ3v) is 10.2. The van der Waals surface area contributed by atoms with E-state index in [4.69, 9.17) is 0 Å². The lowest BCUT2D eigenvalue weighted by molar-refractivity contribution is -0.164. The fourth-order valence-electron chi connectivity index (χ4n) is 8.50. The number of carbonyl (C=O) groups is 1. The second-order valence-corrected chi connectivity index (χ2v) is 11.0. The van der Waals surface area contributed by atoms with Crippen molar-refractivity contribution in [1.29, 1.82) is 0 Å². The molecule has 4 aliphatic carbocycles. The van der Waals surface area contributed by atoms with Gasteiger partial charge in [0, 0.05) is 19.4 Å². The number of ketones is 1. The summed E-state index contributed by atoms with van der Waals surface area (Å²) in [4.78, 5) is 12.2. The summed E-state index contributed by atoms with van der Waals surface area (Å²) < 4.78 is 0. The van der Waals surface area contributed by atoms with Crippen molar-refractivity contribution in [2.24, 2.45) is 45.8 Å². The van der Waals surface area contributed by atoms with Crippen LogP contribution in [0.15, 0.2) is 0 Å². The van der Waals surface area contributed by atoms with E-state index in [1.807, 2.05) is 0 Å². The van der Waals surface area contributed by atoms with Crippen LogP contribution in [0.3, 0.4) is 0 Å². The number of fused-ring (bicyclic) bond motifs is 5. The first kappa shape index (κ1) is 18.0.